The van der Waals surface area contributed by atoms with E-state index in [0.29, 0.717) is 6.42 Å². The molecule has 7 unspecified atom stereocenters. The number of hydrogen-bond acceptors (Lipinski definition) is 8. The molecule has 7 atom stereocenters. The Morgan fingerprint density at radius 1 is 0.565 bits per heavy atom. The average molecular weight is 866 g/mol. The Hall–Kier alpha value is -3.15. The number of allylic oxidation sites excluding steroid dienone is 17. The number of carbonyl (C=O) groups is 1. The van der Waals surface area contributed by atoms with Crippen LogP contribution in [0.4, 0.5) is 0 Å². The third kappa shape index (κ3) is 31.7. The van der Waals surface area contributed by atoms with Crippen molar-refractivity contribution in [2.45, 2.75) is 204 Å². The first kappa shape index (κ1) is 56.9. The molecule has 1 amide bonds. The highest BCUT2D eigenvalue weighted by Crippen LogP contribution is 2.22. The van der Waals surface area contributed by atoms with Gasteiger partial charge in [-0.3, -0.25) is 4.79 Å². The number of nitrogens with one attached hydrogen (secondary N) is 1. The SMILES string of the molecule is CC/C=C\C/C=C\C/C=C\C/C=C\C/C=C\C/C=C\CCCCCCCCC(=O)NC(COC1OC(CO)C(O)C(O)C1O)C(O)/C=C/CC/C=C/CC/C=C/CCCCCC. The number of carbonyl (C=O) groups excluding carboxylic acids is 1. The molecule has 1 aliphatic rings. The predicted octanol–water partition coefficient (Wildman–Crippen LogP) is 10.7. The Bertz CT molecular complexity index is 1330. The van der Waals surface area contributed by atoms with Crippen molar-refractivity contribution >= 4 is 5.91 Å². The van der Waals surface area contributed by atoms with Crippen molar-refractivity contribution in [2.24, 2.45) is 0 Å². The van der Waals surface area contributed by atoms with E-state index in [0.717, 1.165) is 116 Å². The van der Waals surface area contributed by atoms with Crippen molar-refractivity contribution < 1.29 is 39.8 Å². The fourth-order valence-electron chi connectivity index (χ4n) is 6.72. The van der Waals surface area contributed by atoms with Crippen molar-refractivity contribution in [3.8, 4) is 0 Å². The van der Waals surface area contributed by atoms with Gasteiger partial charge in [-0.2, -0.15) is 0 Å². The molecule has 0 bridgehead atoms. The quantitative estimate of drug-likeness (QED) is 0.0265. The molecule has 0 aliphatic carbocycles. The molecule has 6 N–H and O–H groups in total. The van der Waals surface area contributed by atoms with E-state index in [4.69, 9.17) is 9.47 Å². The topological polar surface area (TPSA) is 149 Å². The second-order valence-corrected chi connectivity index (χ2v) is 16.1. The first-order valence-electron chi connectivity index (χ1n) is 24.1. The maximum Gasteiger partial charge on any atom is 0.220 e. The van der Waals surface area contributed by atoms with Gasteiger partial charge < -0.3 is 40.3 Å². The predicted molar refractivity (Wildman–Crippen MR) is 257 cm³/mol. The zero-order valence-electron chi connectivity index (χ0n) is 38.6. The maximum atomic E-state index is 13.0. The standard InChI is InChI=1S/C53H87NO8/c1-3-5-7-9-11-13-15-17-19-20-21-22-23-24-25-26-27-28-29-31-33-35-37-39-41-43-49(57)54-46(45-61-53-52(60)51(59)50(58)48(44-55)62-53)47(56)42-40-38-36-34-32-30-18-16-14-12-10-8-6-4-2/h5,7,11,13-14,16-17,19,21-22,24-25,27-28,32,34,40,42,46-48,50-53,55-56,58-60H,3-4,6,8-10,12,15,18,20,23,26,29-31,33,35-39,41,43-45H2,1-2H3,(H,54,57)/b7-5-,13-11-,16-14+,19-17-,22-21-,25-24-,28-27-,34-32+,42-40+. The van der Waals surface area contributed by atoms with Crippen molar-refractivity contribution in [1.29, 1.82) is 0 Å². The van der Waals surface area contributed by atoms with Crippen LogP contribution in [0.5, 0.6) is 0 Å². The molecule has 0 radical (unpaired) electrons. The van der Waals surface area contributed by atoms with Gasteiger partial charge in [0.2, 0.25) is 5.91 Å². The van der Waals surface area contributed by atoms with Crippen molar-refractivity contribution in [1.82, 2.24) is 5.32 Å². The van der Waals surface area contributed by atoms with Crippen LogP contribution in [0.2, 0.25) is 0 Å². The second kappa shape index (κ2) is 41.8. The number of hydrogen-bond donors (Lipinski definition) is 6. The highest BCUT2D eigenvalue weighted by molar-refractivity contribution is 5.76. The Morgan fingerprint density at radius 3 is 1.55 bits per heavy atom. The van der Waals surface area contributed by atoms with Gasteiger partial charge in [0.05, 0.1) is 25.4 Å². The van der Waals surface area contributed by atoms with Crippen LogP contribution in [0.15, 0.2) is 109 Å². The molecule has 1 rings (SSSR count). The van der Waals surface area contributed by atoms with Gasteiger partial charge in [0.1, 0.15) is 24.4 Å². The van der Waals surface area contributed by atoms with Gasteiger partial charge in [0, 0.05) is 6.42 Å². The minimum absolute atomic E-state index is 0.213. The summed E-state index contributed by atoms with van der Waals surface area (Å²) in [7, 11) is 0. The molecule has 352 valence electrons. The summed E-state index contributed by atoms with van der Waals surface area (Å²) in [5.41, 5.74) is 0. The highest BCUT2D eigenvalue weighted by atomic mass is 16.7. The summed E-state index contributed by atoms with van der Waals surface area (Å²) >= 11 is 0. The molecular weight excluding hydrogens is 779 g/mol. The number of amides is 1. The smallest absolute Gasteiger partial charge is 0.220 e. The van der Waals surface area contributed by atoms with Gasteiger partial charge in [0.25, 0.3) is 0 Å². The van der Waals surface area contributed by atoms with E-state index in [1.54, 1.807) is 6.08 Å². The summed E-state index contributed by atoms with van der Waals surface area (Å²) in [6.07, 6.45) is 54.1. The molecule has 1 fully saturated rings. The van der Waals surface area contributed by atoms with Crippen LogP contribution in [0.3, 0.4) is 0 Å². The number of rotatable bonds is 38. The van der Waals surface area contributed by atoms with Crippen molar-refractivity contribution in [2.75, 3.05) is 13.2 Å². The average Bonchev–Trinajstić information content (AvgIpc) is 3.27. The molecule has 0 aromatic carbocycles. The molecule has 0 aromatic rings. The zero-order valence-corrected chi connectivity index (χ0v) is 38.6. The van der Waals surface area contributed by atoms with Crippen LogP contribution < -0.4 is 5.32 Å². The third-order valence-corrected chi connectivity index (χ3v) is 10.6. The highest BCUT2D eigenvalue weighted by Gasteiger charge is 2.44. The van der Waals surface area contributed by atoms with Crippen LogP contribution >= 0.6 is 0 Å². The molecule has 62 heavy (non-hydrogen) atoms. The van der Waals surface area contributed by atoms with E-state index in [1.165, 1.54) is 25.7 Å². The van der Waals surface area contributed by atoms with Crippen LogP contribution in [0, 0.1) is 0 Å². The van der Waals surface area contributed by atoms with E-state index >= 15 is 0 Å². The monoisotopic (exact) mass is 866 g/mol. The van der Waals surface area contributed by atoms with E-state index in [1.807, 2.05) is 6.08 Å². The minimum atomic E-state index is -1.58. The van der Waals surface area contributed by atoms with Crippen molar-refractivity contribution in [3.05, 3.63) is 109 Å². The van der Waals surface area contributed by atoms with Crippen LogP contribution in [-0.4, -0.2) is 87.5 Å². The molecule has 1 saturated heterocycles. The number of ether oxygens (including phenoxy) is 2. The summed E-state index contributed by atoms with van der Waals surface area (Å²) in [6.45, 7) is 3.58. The van der Waals surface area contributed by atoms with Crippen molar-refractivity contribution in [3.63, 3.8) is 0 Å². The fraction of sp³-hybridized carbons (Fsp3) is 0.642. The Kier molecular flexibility index (Phi) is 38.4. The normalized spacial score (nSPS) is 21.3. The Labute approximate surface area is 376 Å². The Morgan fingerprint density at radius 2 is 1.02 bits per heavy atom. The largest absolute Gasteiger partial charge is 0.394 e. The molecule has 9 nitrogen and oxygen atoms in total. The Balaban J connectivity index is 2.35. The molecular formula is C53H87NO8. The molecule has 1 aliphatic heterocycles. The van der Waals surface area contributed by atoms with E-state index < -0.39 is 49.5 Å². The zero-order chi connectivity index (χ0) is 45.1. The fourth-order valence-corrected chi connectivity index (χ4v) is 6.72. The summed E-state index contributed by atoms with van der Waals surface area (Å²) in [5, 5.41) is 54.2. The molecule has 0 spiro atoms. The van der Waals surface area contributed by atoms with Gasteiger partial charge >= 0.3 is 0 Å². The summed E-state index contributed by atoms with van der Waals surface area (Å²) in [6, 6.07) is -0.843. The first-order chi connectivity index (χ1) is 30.3. The summed E-state index contributed by atoms with van der Waals surface area (Å²) in [5.74, 6) is -0.213. The molecule has 9 heteroatoms. The minimum Gasteiger partial charge on any atom is -0.394 e. The third-order valence-electron chi connectivity index (χ3n) is 10.6. The van der Waals surface area contributed by atoms with Gasteiger partial charge in [-0.15, -0.1) is 0 Å². The van der Waals surface area contributed by atoms with Gasteiger partial charge in [-0.05, 0) is 96.3 Å². The lowest BCUT2D eigenvalue weighted by molar-refractivity contribution is -0.302. The molecule has 1 heterocycles. The summed E-state index contributed by atoms with van der Waals surface area (Å²) in [4.78, 5) is 13.0. The van der Waals surface area contributed by atoms with E-state index in [-0.39, 0.29) is 12.5 Å². The van der Waals surface area contributed by atoms with E-state index in [9.17, 15) is 30.3 Å². The van der Waals surface area contributed by atoms with E-state index in [2.05, 4.69) is 116 Å². The van der Waals surface area contributed by atoms with Crippen LogP contribution in [0.1, 0.15) is 162 Å². The second-order valence-electron chi connectivity index (χ2n) is 16.1. The van der Waals surface area contributed by atoms with Crippen LogP contribution in [0.25, 0.3) is 0 Å². The number of unbranched alkanes of at least 4 members (excludes halogenated alkanes) is 12. The maximum absolute atomic E-state index is 13.0. The van der Waals surface area contributed by atoms with Gasteiger partial charge in [-0.1, -0.05) is 168 Å². The van der Waals surface area contributed by atoms with Gasteiger partial charge in [-0.25, -0.2) is 0 Å². The van der Waals surface area contributed by atoms with Crippen LogP contribution in [-0.2, 0) is 14.3 Å². The number of aliphatic hydroxyl groups is 5. The number of aliphatic hydroxyl groups excluding tert-OH is 5. The molecule has 0 saturated carbocycles. The molecule has 0 aromatic heterocycles. The lowest BCUT2D eigenvalue weighted by atomic mass is 9.99. The lowest BCUT2D eigenvalue weighted by Gasteiger charge is -2.40. The lowest BCUT2D eigenvalue weighted by Crippen LogP contribution is -2.60. The first-order valence-corrected chi connectivity index (χ1v) is 24.1. The van der Waals surface area contributed by atoms with Gasteiger partial charge in [0.15, 0.2) is 6.29 Å². The summed E-state index contributed by atoms with van der Waals surface area (Å²) < 4.78 is 11.2.